The third-order valence-electron chi connectivity index (χ3n) is 3.43. The fourth-order valence-corrected chi connectivity index (χ4v) is 4.94. The average molecular weight is 314 g/mol. The van der Waals surface area contributed by atoms with E-state index in [0.717, 1.165) is 19.6 Å². The van der Waals surface area contributed by atoms with Crippen molar-refractivity contribution >= 4 is 28.2 Å². The number of thiazole rings is 1. The van der Waals surface area contributed by atoms with Crippen LogP contribution in [-0.2, 0) is 12.0 Å². The van der Waals surface area contributed by atoms with E-state index in [0.29, 0.717) is 4.75 Å². The van der Waals surface area contributed by atoms with E-state index in [9.17, 15) is 0 Å². The first-order chi connectivity index (χ1) is 9.23. The minimum Gasteiger partial charge on any atom is -0.346 e. The summed E-state index contributed by atoms with van der Waals surface area (Å²) in [4.78, 5) is 8.83. The highest BCUT2D eigenvalue weighted by molar-refractivity contribution is 8.00. The van der Waals surface area contributed by atoms with Crippen molar-refractivity contribution in [3.63, 3.8) is 0 Å². The summed E-state index contributed by atoms with van der Waals surface area (Å²) in [6, 6.07) is 0. The van der Waals surface area contributed by atoms with Gasteiger partial charge in [0.25, 0.3) is 0 Å². The minimum atomic E-state index is 0.112. The first-order valence-electron chi connectivity index (χ1n) is 7.26. The summed E-state index contributed by atoms with van der Waals surface area (Å²) in [6.07, 6.45) is 0. The molecule has 2 heterocycles. The quantitative estimate of drug-likeness (QED) is 0.924. The monoisotopic (exact) mass is 313 g/mol. The number of aromatic nitrogens is 1. The molecule has 0 aliphatic carbocycles. The van der Waals surface area contributed by atoms with E-state index >= 15 is 0 Å². The molecule has 0 bridgehead atoms. The molecule has 0 amide bonds. The number of hydrogen-bond donors (Lipinski definition) is 1. The summed E-state index contributed by atoms with van der Waals surface area (Å²) in [7, 11) is 2.01. The lowest BCUT2D eigenvalue weighted by Gasteiger charge is -2.37. The molecular formula is C15H27N3S2. The molecule has 3 nitrogen and oxygen atoms in total. The molecule has 0 radical (unpaired) electrons. The van der Waals surface area contributed by atoms with Gasteiger partial charge >= 0.3 is 0 Å². The molecule has 1 aromatic heterocycles. The molecule has 2 rings (SSSR count). The van der Waals surface area contributed by atoms with Gasteiger partial charge in [-0.05, 0) is 20.9 Å². The summed E-state index contributed by atoms with van der Waals surface area (Å²) in [5.74, 6) is 1.19. The van der Waals surface area contributed by atoms with Gasteiger partial charge in [-0.15, -0.1) is 11.3 Å². The van der Waals surface area contributed by atoms with Gasteiger partial charge in [0.05, 0.1) is 5.69 Å². The van der Waals surface area contributed by atoms with Crippen molar-refractivity contribution in [3.8, 4) is 0 Å². The lowest BCUT2D eigenvalue weighted by molar-refractivity contribution is 0.561. The van der Waals surface area contributed by atoms with Crippen molar-refractivity contribution in [1.29, 1.82) is 0 Å². The highest BCUT2D eigenvalue weighted by Gasteiger charge is 2.30. The van der Waals surface area contributed by atoms with Crippen molar-refractivity contribution in [3.05, 3.63) is 10.6 Å². The summed E-state index contributed by atoms with van der Waals surface area (Å²) >= 11 is 3.93. The van der Waals surface area contributed by atoms with Gasteiger partial charge in [-0.2, -0.15) is 11.8 Å². The topological polar surface area (TPSA) is 28.2 Å². The van der Waals surface area contributed by atoms with Crippen LogP contribution >= 0.6 is 23.1 Å². The van der Waals surface area contributed by atoms with E-state index in [-0.39, 0.29) is 5.41 Å². The molecule has 1 saturated heterocycles. The van der Waals surface area contributed by atoms with Crippen LogP contribution in [0.3, 0.4) is 0 Å². The van der Waals surface area contributed by atoms with Crippen molar-refractivity contribution in [2.45, 2.75) is 51.3 Å². The maximum atomic E-state index is 4.98. The normalized spacial score (nSPS) is 19.4. The fraction of sp³-hybridized carbons (Fsp3) is 0.800. The van der Waals surface area contributed by atoms with Crippen LogP contribution in [0.1, 0.15) is 45.2 Å². The van der Waals surface area contributed by atoms with E-state index in [4.69, 9.17) is 4.98 Å². The molecule has 0 saturated carbocycles. The number of anilines is 1. The smallest absolute Gasteiger partial charge is 0.185 e. The number of hydrogen-bond acceptors (Lipinski definition) is 5. The third-order valence-corrected chi connectivity index (χ3v) is 5.84. The van der Waals surface area contributed by atoms with E-state index in [2.05, 4.69) is 56.6 Å². The van der Waals surface area contributed by atoms with Crippen LogP contribution in [0.2, 0.25) is 0 Å². The molecule has 5 heteroatoms. The average Bonchev–Trinajstić information content (AvgIpc) is 2.72. The van der Waals surface area contributed by atoms with Gasteiger partial charge in [0.15, 0.2) is 5.13 Å². The largest absolute Gasteiger partial charge is 0.346 e. The van der Waals surface area contributed by atoms with E-state index in [1.165, 1.54) is 21.5 Å². The number of thioether (sulfide) groups is 1. The van der Waals surface area contributed by atoms with Crippen LogP contribution in [0.5, 0.6) is 0 Å². The predicted octanol–water partition coefficient (Wildman–Crippen LogP) is 3.49. The highest BCUT2D eigenvalue weighted by atomic mass is 32.2. The van der Waals surface area contributed by atoms with Crippen LogP contribution in [0.4, 0.5) is 5.13 Å². The molecule has 0 aromatic carbocycles. The van der Waals surface area contributed by atoms with Gasteiger partial charge in [0, 0.05) is 40.4 Å². The molecule has 0 atom stereocenters. The molecule has 114 valence electrons. The maximum Gasteiger partial charge on any atom is 0.185 e. The summed E-state index contributed by atoms with van der Waals surface area (Å²) in [6.45, 7) is 14.5. The molecule has 0 unspecified atom stereocenters. The molecule has 1 aliphatic heterocycles. The SMILES string of the molecule is CNCc1sc(N2CCSC(C)(C)C2)nc1C(C)(C)C. The molecule has 1 N–H and O–H groups in total. The zero-order valence-corrected chi connectivity index (χ0v) is 15.2. The molecule has 1 aromatic rings. The Kier molecular flexibility index (Phi) is 4.72. The van der Waals surface area contributed by atoms with Crippen molar-refractivity contribution in [2.24, 2.45) is 0 Å². The molecule has 1 aliphatic rings. The van der Waals surface area contributed by atoms with Crippen LogP contribution in [-0.4, -0.2) is 35.6 Å². The summed E-state index contributed by atoms with van der Waals surface area (Å²) in [5.41, 5.74) is 1.36. The summed E-state index contributed by atoms with van der Waals surface area (Å²) in [5, 5.41) is 4.48. The Balaban J connectivity index is 2.28. The van der Waals surface area contributed by atoms with Crippen LogP contribution < -0.4 is 10.2 Å². The Morgan fingerprint density at radius 1 is 1.35 bits per heavy atom. The van der Waals surface area contributed by atoms with Gasteiger partial charge in [-0.3, -0.25) is 0 Å². The highest BCUT2D eigenvalue weighted by Crippen LogP contribution is 2.37. The standard InChI is InChI=1S/C15H27N3S2/c1-14(2,3)12-11(9-16-6)20-13(17-12)18-7-8-19-15(4,5)10-18/h16H,7-10H2,1-6H3. The van der Waals surface area contributed by atoms with E-state index in [1.807, 2.05) is 18.4 Å². The fourth-order valence-electron chi connectivity index (χ4n) is 2.52. The minimum absolute atomic E-state index is 0.112. The first kappa shape index (κ1) is 16.1. The molecular weight excluding hydrogens is 286 g/mol. The second-order valence-corrected chi connectivity index (χ2v) is 9.94. The predicted molar refractivity (Wildman–Crippen MR) is 92.3 cm³/mol. The first-order valence-corrected chi connectivity index (χ1v) is 9.07. The van der Waals surface area contributed by atoms with E-state index in [1.54, 1.807) is 0 Å². The number of nitrogens with one attached hydrogen (secondary N) is 1. The van der Waals surface area contributed by atoms with Crippen LogP contribution in [0.25, 0.3) is 0 Å². The molecule has 1 fully saturated rings. The lowest BCUT2D eigenvalue weighted by atomic mass is 9.91. The Bertz CT molecular complexity index is 460. The Morgan fingerprint density at radius 3 is 2.60 bits per heavy atom. The van der Waals surface area contributed by atoms with Crippen molar-refractivity contribution in [2.75, 3.05) is 30.8 Å². The number of rotatable bonds is 3. The Labute approximate surface area is 131 Å². The van der Waals surface area contributed by atoms with Gasteiger partial charge in [0.1, 0.15) is 0 Å². The van der Waals surface area contributed by atoms with Gasteiger partial charge in [-0.25, -0.2) is 4.98 Å². The van der Waals surface area contributed by atoms with Gasteiger partial charge < -0.3 is 10.2 Å². The zero-order valence-electron chi connectivity index (χ0n) is 13.5. The second kappa shape index (κ2) is 5.85. The Hall–Kier alpha value is -0.260. The van der Waals surface area contributed by atoms with Gasteiger partial charge in [0.2, 0.25) is 0 Å². The van der Waals surface area contributed by atoms with E-state index < -0.39 is 0 Å². The Morgan fingerprint density at radius 2 is 2.05 bits per heavy atom. The van der Waals surface area contributed by atoms with Crippen LogP contribution in [0, 0.1) is 0 Å². The zero-order chi connectivity index (χ0) is 15.0. The maximum absolute atomic E-state index is 4.98. The number of nitrogens with zero attached hydrogens (tertiary/aromatic N) is 2. The third kappa shape index (κ3) is 3.68. The second-order valence-electron chi connectivity index (χ2n) is 7.08. The van der Waals surface area contributed by atoms with Crippen molar-refractivity contribution < 1.29 is 0 Å². The van der Waals surface area contributed by atoms with Crippen LogP contribution in [0.15, 0.2) is 0 Å². The molecule has 0 spiro atoms. The van der Waals surface area contributed by atoms with Crippen molar-refractivity contribution in [1.82, 2.24) is 10.3 Å². The molecule has 20 heavy (non-hydrogen) atoms. The summed E-state index contributed by atoms with van der Waals surface area (Å²) < 4.78 is 0.328. The van der Waals surface area contributed by atoms with Gasteiger partial charge in [-0.1, -0.05) is 20.8 Å². The lowest BCUT2D eigenvalue weighted by Crippen LogP contribution is -2.43.